The van der Waals surface area contributed by atoms with E-state index in [1.54, 1.807) is 32.0 Å². The highest BCUT2D eigenvalue weighted by molar-refractivity contribution is 7.89. The highest BCUT2D eigenvalue weighted by atomic mass is 32.2. The van der Waals surface area contributed by atoms with E-state index < -0.39 is 10.0 Å². The summed E-state index contributed by atoms with van der Waals surface area (Å²) in [4.78, 5) is 12.1. The lowest BCUT2D eigenvalue weighted by Gasteiger charge is -2.13. The molecule has 2 aromatic carbocycles. The van der Waals surface area contributed by atoms with Crippen LogP contribution >= 0.6 is 0 Å². The molecule has 2 rings (SSSR count). The van der Waals surface area contributed by atoms with E-state index in [2.05, 4.69) is 5.32 Å². The van der Waals surface area contributed by atoms with Gasteiger partial charge in [0, 0.05) is 5.56 Å². The number of sulfonamides is 1. The molecule has 1 amide bonds. The number of aryl methyl sites for hydroxylation is 3. The first-order valence-corrected chi connectivity index (χ1v) is 9.35. The first-order valence-electron chi connectivity index (χ1n) is 7.80. The number of rotatable bonds is 6. The second-order valence-corrected chi connectivity index (χ2v) is 7.43. The number of carbonyl (C=O) groups is 1. The molecule has 3 N–H and O–H groups in total. The van der Waals surface area contributed by atoms with Gasteiger partial charge < -0.3 is 10.1 Å². The Hall–Kier alpha value is -2.38. The normalized spacial score (nSPS) is 11.2. The van der Waals surface area contributed by atoms with Crippen LogP contribution in [0.2, 0.25) is 0 Å². The Bertz CT molecular complexity index is 875. The maximum Gasteiger partial charge on any atom is 0.251 e. The average molecular weight is 362 g/mol. The monoisotopic (exact) mass is 362 g/mol. The first kappa shape index (κ1) is 19.0. The van der Waals surface area contributed by atoms with Crippen molar-refractivity contribution in [1.82, 2.24) is 5.32 Å². The Kier molecular flexibility index (Phi) is 5.81. The van der Waals surface area contributed by atoms with Crippen LogP contribution in [-0.4, -0.2) is 27.5 Å². The molecule has 2 aromatic rings. The largest absolute Gasteiger partial charge is 0.491 e. The minimum absolute atomic E-state index is 0.0880. The van der Waals surface area contributed by atoms with Crippen molar-refractivity contribution in [3.8, 4) is 5.75 Å². The van der Waals surface area contributed by atoms with Crippen LogP contribution in [0, 0.1) is 20.8 Å². The molecule has 0 unspecified atom stereocenters. The second kappa shape index (κ2) is 7.67. The van der Waals surface area contributed by atoms with Crippen LogP contribution in [0.1, 0.15) is 27.0 Å². The van der Waals surface area contributed by atoms with E-state index in [1.165, 1.54) is 6.07 Å². The maximum absolute atomic E-state index is 12.0. The SMILES string of the molecule is Cc1ccc(C(=O)NCCOc2cc(C)c(S(N)(=O)=O)cc2C)cc1. The highest BCUT2D eigenvalue weighted by Gasteiger charge is 2.14. The van der Waals surface area contributed by atoms with Crippen molar-refractivity contribution < 1.29 is 17.9 Å². The number of amides is 1. The van der Waals surface area contributed by atoms with Crippen LogP contribution in [0.4, 0.5) is 0 Å². The maximum atomic E-state index is 12.0. The van der Waals surface area contributed by atoms with Gasteiger partial charge in [0.05, 0.1) is 11.4 Å². The lowest BCUT2D eigenvalue weighted by Crippen LogP contribution is -2.28. The summed E-state index contributed by atoms with van der Waals surface area (Å²) in [5, 5.41) is 7.96. The number of hydrogen-bond acceptors (Lipinski definition) is 4. The summed E-state index contributed by atoms with van der Waals surface area (Å²) in [6, 6.07) is 10.4. The number of ether oxygens (including phenoxy) is 1. The fraction of sp³-hybridized carbons (Fsp3) is 0.278. The fourth-order valence-corrected chi connectivity index (χ4v) is 3.21. The van der Waals surface area contributed by atoms with E-state index in [4.69, 9.17) is 9.88 Å². The molecule has 0 saturated heterocycles. The molecule has 0 bridgehead atoms. The Morgan fingerprint density at radius 3 is 2.32 bits per heavy atom. The fourth-order valence-electron chi connectivity index (χ4n) is 2.36. The Morgan fingerprint density at radius 2 is 1.72 bits per heavy atom. The van der Waals surface area contributed by atoms with Crippen molar-refractivity contribution in [2.24, 2.45) is 5.14 Å². The van der Waals surface area contributed by atoms with Gasteiger partial charge >= 0.3 is 0 Å². The van der Waals surface area contributed by atoms with Gasteiger partial charge in [0.1, 0.15) is 12.4 Å². The third kappa shape index (κ3) is 5.04. The zero-order chi connectivity index (χ0) is 18.6. The van der Waals surface area contributed by atoms with Gasteiger partial charge in [0.25, 0.3) is 5.91 Å². The van der Waals surface area contributed by atoms with Gasteiger partial charge in [0.15, 0.2) is 0 Å². The van der Waals surface area contributed by atoms with Crippen LogP contribution in [0.15, 0.2) is 41.3 Å². The summed E-state index contributed by atoms with van der Waals surface area (Å²) in [5.74, 6) is 0.399. The third-order valence-electron chi connectivity index (χ3n) is 3.74. The summed E-state index contributed by atoms with van der Waals surface area (Å²) < 4.78 is 28.6. The molecule has 6 nitrogen and oxygen atoms in total. The molecule has 0 radical (unpaired) electrons. The lowest BCUT2D eigenvalue weighted by molar-refractivity contribution is 0.0947. The second-order valence-electron chi connectivity index (χ2n) is 5.90. The number of nitrogens with one attached hydrogen (secondary N) is 1. The number of primary sulfonamides is 1. The van der Waals surface area contributed by atoms with Crippen molar-refractivity contribution in [3.05, 3.63) is 58.7 Å². The van der Waals surface area contributed by atoms with Crippen LogP contribution in [0.3, 0.4) is 0 Å². The van der Waals surface area contributed by atoms with Gasteiger partial charge in [-0.25, -0.2) is 13.6 Å². The summed E-state index contributed by atoms with van der Waals surface area (Å²) >= 11 is 0. The van der Waals surface area contributed by atoms with Gasteiger partial charge in [-0.05, 0) is 56.2 Å². The van der Waals surface area contributed by atoms with Crippen LogP contribution in [0.5, 0.6) is 5.75 Å². The van der Waals surface area contributed by atoms with Crippen molar-refractivity contribution >= 4 is 15.9 Å². The standard InChI is InChI=1S/C18H22N2O4S/c1-12-4-6-15(7-5-12)18(21)20-8-9-24-16-10-14(3)17(11-13(16)2)25(19,22)23/h4-7,10-11H,8-9H2,1-3H3,(H,20,21)(H2,19,22,23). The van der Waals surface area contributed by atoms with Gasteiger partial charge in [-0.3, -0.25) is 4.79 Å². The zero-order valence-electron chi connectivity index (χ0n) is 14.5. The van der Waals surface area contributed by atoms with E-state index in [0.717, 1.165) is 5.56 Å². The molecule has 7 heteroatoms. The summed E-state index contributed by atoms with van der Waals surface area (Å²) in [6.07, 6.45) is 0. The predicted molar refractivity (Wildman–Crippen MR) is 96.3 cm³/mol. The molecule has 0 atom stereocenters. The average Bonchev–Trinajstić information content (AvgIpc) is 2.53. The molecule has 0 spiro atoms. The third-order valence-corrected chi connectivity index (χ3v) is 4.79. The van der Waals surface area contributed by atoms with Crippen LogP contribution in [-0.2, 0) is 10.0 Å². The van der Waals surface area contributed by atoms with E-state index in [-0.39, 0.29) is 17.4 Å². The first-order chi connectivity index (χ1) is 11.7. The van der Waals surface area contributed by atoms with Crippen molar-refractivity contribution in [2.75, 3.05) is 13.2 Å². The summed E-state index contributed by atoms with van der Waals surface area (Å²) in [6.45, 7) is 5.97. The number of hydrogen-bond donors (Lipinski definition) is 2. The van der Waals surface area contributed by atoms with Gasteiger partial charge in [-0.2, -0.15) is 0 Å². The Balaban J connectivity index is 1.93. The van der Waals surface area contributed by atoms with E-state index in [9.17, 15) is 13.2 Å². The van der Waals surface area contributed by atoms with Gasteiger partial charge in [-0.1, -0.05) is 17.7 Å². The van der Waals surface area contributed by atoms with Crippen LogP contribution < -0.4 is 15.2 Å². The van der Waals surface area contributed by atoms with E-state index in [0.29, 0.717) is 29.0 Å². The summed E-state index contributed by atoms with van der Waals surface area (Å²) in [7, 11) is -3.76. The molecule has 0 heterocycles. The molecule has 25 heavy (non-hydrogen) atoms. The highest BCUT2D eigenvalue weighted by Crippen LogP contribution is 2.25. The Labute approximate surface area is 148 Å². The van der Waals surface area contributed by atoms with Crippen molar-refractivity contribution in [1.29, 1.82) is 0 Å². The lowest BCUT2D eigenvalue weighted by atomic mass is 10.1. The molecular formula is C18H22N2O4S. The minimum atomic E-state index is -3.76. The molecule has 0 saturated carbocycles. The predicted octanol–water partition coefficient (Wildman–Crippen LogP) is 2.07. The van der Waals surface area contributed by atoms with Gasteiger partial charge in [0.2, 0.25) is 10.0 Å². The van der Waals surface area contributed by atoms with Crippen LogP contribution in [0.25, 0.3) is 0 Å². The van der Waals surface area contributed by atoms with E-state index in [1.807, 2.05) is 19.1 Å². The van der Waals surface area contributed by atoms with Gasteiger partial charge in [-0.15, -0.1) is 0 Å². The Morgan fingerprint density at radius 1 is 1.08 bits per heavy atom. The number of benzene rings is 2. The molecule has 0 aliphatic heterocycles. The molecule has 0 aromatic heterocycles. The van der Waals surface area contributed by atoms with Crippen molar-refractivity contribution in [3.63, 3.8) is 0 Å². The van der Waals surface area contributed by atoms with Crippen molar-refractivity contribution in [2.45, 2.75) is 25.7 Å². The quantitative estimate of drug-likeness (QED) is 0.769. The molecule has 0 fully saturated rings. The minimum Gasteiger partial charge on any atom is -0.491 e. The molecule has 0 aliphatic rings. The van der Waals surface area contributed by atoms with E-state index >= 15 is 0 Å². The molecule has 0 aliphatic carbocycles. The summed E-state index contributed by atoms with van der Waals surface area (Å²) in [5.41, 5.74) is 2.87. The zero-order valence-corrected chi connectivity index (χ0v) is 15.3. The molecule has 134 valence electrons. The number of nitrogens with two attached hydrogens (primary N) is 1. The molecular weight excluding hydrogens is 340 g/mol. The topological polar surface area (TPSA) is 98.5 Å². The smallest absolute Gasteiger partial charge is 0.251 e. The number of carbonyl (C=O) groups excluding carboxylic acids is 1.